The van der Waals surface area contributed by atoms with Crippen LogP contribution in [0, 0.1) is 6.92 Å². The first-order valence-electron chi connectivity index (χ1n) is 6.29. The average Bonchev–Trinajstić information content (AvgIpc) is 2.46. The largest absolute Gasteiger partial charge is 0.497 e. The number of nitrogens with zero attached hydrogens (tertiary/aromatic N) is 1. The second-order valence-corrected chi connectivity index (χ2v) is 4.40. The number of benzene rings is 1. The zero-order valence-corrected chi connectivity index (χ0v) is 11.4. The van der Waals surface area contributed by atoms with Crippen molar-refractivity contribution >= 4 is 5.78 Å². The van der Waals surface area contributed by atoms with Crippen LogP contribution < -0.4 is 4.74 Å². The fourth-order valence-electron chi connectivity index (χ4n) is 2.09. The molecule has 3 heteroatoms. The second-order valence-electron chi connectivity index (χ2n) is 4.40. The summed E-state index contributed by atoms with van der Waals surface area (Å²) < 4.78 is 5.16. The number of carbonyl (C=O) groups excluding carboxylic acids is 1. The second kappa shape index (κ2) is 5.65. The summed E-state index contributed by atoms with van der Waals surface area (Å²) in [4.78, 5) is 16.6. The molecule has 19 heavy (non-hydrogen) atoms. The number of ketones is 1. The van der Waals surface area contributed by atoms with Gasteiger partial charge in [-0.15, -0.1) is 0 Å². The first-order chi connectivity index (χ1) is 9.17. The minimum Gasteiger partial charge on any atom is -0.497 e. The normalized spacial score (nSPS) is 10.3. The van der Waals surface area contributed by atoms with Gasteiger partial charge in [0.25, 0.3) is 0 Å². The van der Waals surface area contributed by atoms with Gasteiger partial charge in [0.2, 0.25) is 0 Å². The number of aryl methyl sites for hydroxylation is 2. The first-order valence-corrected chi connectivity index (χ1v) is 6.29. The van der Waals surface area contributed by atoms with Gasteiger partial charge in [0.15, 0.2) is 5.78 Å². The van der Waals surface area contributed by atoms with Crippen LogP contribution in [0.1, 0.15) is 34.0 Å². The Labute approximate surface area is 113 Å². The molecule has 0 spiro atoms. The molecule has 0 atom stereocenters. The molecular weight excluding hydrogens is 238 g/mol. The van der Waals surface area contributed by atoms with Crippen LogP contribution in [0.15, 0.2) is 36.7 Å². The van der Waals surface area contributed by atoms with Crippen LogP contribution in [0.4, 0.5) is 0 Å². The van der Waals surface area contributed by atoms with E-state index < -0.39 is 0 Å². The number of hydrogen-bond acceptors (Lipinski definition) is 3. The Balaban J connectivity index is 2.44. The Morgan fingerprint density at radius 2 is 2.05 bits per heavy atom. The number of rotatable bonds is 4. The van der Waals surface area contributed by atoms with Gasteiger partial charge in [-0.3, -0.25) is 9.78 Å². The van der Waals surface area contributed by atoms with Crippen molar-refractivity contribution in [3.63, 3.8) is 0 Å². The van der Waals surface area contributed by atoms with Gasteiger partial charge in [-0.05, 0) is 48.7 Å². The van der Waals surface area contributed by atoms with E-state index in [2.05, 4.69) is 4.98 Å². The third kappa shape index (κ3) is 2.65. The van der Waals surface area contributed by atoms with Crippen LogP contribution in [0.3, 0.4) is 0 Å². The number of pyridine rings is 1. The topological polar surface area (TPSA) is 39.2 Å². The molecule has 0 saturated heterocycles. The summed E-state index contributed by atoms with van der Waals surface area (Å²) >= 11 is 0. The van der Waals surface area contributed by atoms with Crippen molar-refractivity contribution in [1.82, 2.24) is 4.98 Å². The Morgan fingerprint density at radius 3 is 2.68 bits per heavy atom. The molecule has 0 fully saturated rings. The highest BCUT2D eigenvalue weighted by Gasteiger charge is 2.15. The van der Waals surface area contributed by atoms with Crippen molar-refractivity contribution in [2.24, 2.45) is 0 Å². The number of ether oxygens (including phenoxy) is 1. The van der Waals surface area contributed by atoms with E-state index in [1.807, 2.05) is 32.0 Å². The van der Waals surface area contributed by atoms with Gasteiger partial charge >= 0.3 is 0 Å². The predicted octanol–water partition coefficient (Wildman–Crippen LogP) is 3.19. The van der Waals surface area contributed by atoms with Crippen molar-refractivity contribution in [3.8, 4) is 5.75 Å². The van der Waals surface area contributed by atoms with E-state index in [0.717, 1.165) is 28.9 Å². The Kier molecular flexibility index (Phi) is 3.95. The van der Waals surface area contributed by atoms with E-state index in [9.17, 15) is 4.79 Å². The van der Waals surface area contributed by atoms with Gasteiger partial charge in [0.1, 0.15) is 5.75 Å². The lowest BCUT2D eigenvalue weighted by molar-refractivity contribution is 0.103. The Morgan fingerprint density at radius 1 is 1.26 bits per heavy atom. The molecular formula is C16H17NO2. The van der Waals surface area contributed by atoms with E-state index in [0.29, 0.717) is 5.56 Å². The van der Waals surface area contributed by atoms with Crippen LogP contribution in [0.2, 0.25) is 0 Å². The highest BCUT2D eigenvalue weighted by Crippen LogP contribution is 2.21. The molecule has 1 aromatic carbocycles. The van der Waals surface area contributed by atoms with E-state index >= 15 is 0 Å². The Bertz CT molecular complexity index is 605. The molecule has 0 N–H and O–H groups in total. The van der Waals surface area contributed by atoms with Crippen molar-refractivity contribution in [2.45, 2.75) is 20.3 Å². The molecule has 0 aliphatic rings. The molecule has 1 heterocycles. The zero-order valence-electron chi connectivity index (χ0n) is 11.4. The van der Waals surface area contributed by atoms with Gasteiger partial charge < -0.3 is 4.74 Å². The van der Waals surface area contributed by atoms with Crippen LogP contribution in [0.25, 0.3) is 0 Å². The number of hydrogen-bond donors (Lipinski definition) is 0. The zero-order chi connectivity index (χ0) is 13.8. The highest BCUT2D eigenvalue weighted by atomic mass is 16.5. The van der Waals surface area contributed by atoms with E-state index in [-0.39, 0.29) is 5.78 Å². The van der Waals surface area contributed by atoms with Crippen LogP contribution in [-0.2, 0) is 6.42 Å². The maximum atomic E-state index is 12.6. The van der Waals surface area contributed by atoms with E-state index in [1.54, 1.807) is 25.6 Å². The summed E-state index contributed by atoms with van der Waals surface area (Å²) in [6, 6.07) is 7.29. The van der Waals surface area contributed by atoms with Gasteiger partial charge in [0, 0.05) is 23.5 Å². The predicted molar refractivity (Wildman–Crippen MR) is 74.8 cm³/mol. The monoisotopic (exact) mass is 255 g/mol. The highest BCUT2D eigenvalue weighted by molar-refractivity contribution is 6.10. The van der Waals surface area contributed by atoms with Crippen LogP contribution in [-0.4, -0.2) is 17.9 Å². The first kappa shape index (κ1) is 13.3. The van der Waals surface area contributed by atoms with Gasteiger partial charge in [0.05, 0.1) is 7.11 Å². The van der Waals surface area contributed by atoms with Gasteiger partial charge in [-0.2, -0.15) is 0 Å². The maximum Gasteiger partial charge on any atom is 0.193 e. The summed E-state index contributed by atoms with van der Waals surface area (Å²) in [6.07, 6.45) is 4.21. The summed E-state index contributed by atoms with van der Waals surface area (Å²) in [6.45, 7) is 3.94. The Hall–Kier alpha value is -2.16. The SMILES string of the molecule is CCc1cnccc1C(=O)c1ccc(OC)cc1C. The third-order valence-electron chi connectivity index (χ3n) is 3.21. The fraction of sp³-hybridized carbons (Fsp3) is 0.250. The molecule has 0 aliphatic carbocycles. The maximum absolute atomic E-state index is 12.6. The van der Waals surface area contributed by atoms with Crippen molar-refractivity contribution in [3.05, 3.63) is 58.9 Å². The third-order valence-corrected chi connectivity index (χ3v) is 3.21. The molecule has 3 nitrogen and oxygen atoms in total. The van der Waals surface area contributed by atoms with E-state index in [1.165, 1.54) is 0 Å². The van der Waals surface area contributed by atoms with Crippen molar-refractivity contribution in [2.75, 3.05) is 7.11 Å². The van der Waals surface area contributed by atoms with E-state index in [4.69, 9.17) is 4.74 Å². The number of aromatic nitrogens is 1. The summed E-state index contributed by atoms with van der Waals surface area (Å²) in [5, 5.41) is 0. The molecule has 0 unspecified atom stereocenters. The van der Waals surface area contributed by atoms with Gasteiger partial charge in [-0.25, -0.2) is 0 Å². The lowest BCUT2D eigenvalue weighted by Crippen LogP contribution is -2.07. The van der Waals surface area contributed by atoms with Crippen LogP contribution in [0.5, 0.6) is 5.75 Å². The fourth-order valence-corrected chi connectivity index (χ4v) is 2.09. The molecule has 0 aliphatic heterocycles. The summed E-state index contributed by atoms with van der Waals surface area (Å²) in [5.41, 5.74) is 3.33. The molecule has 1 aromatic heterocycles. The smallest absolute Gasteiger partial charge is 0.193 e. The van der Waals surface area contributed by atoms with Crippen molar-refractivity contribution in [1.29, 1.82) is 0 Å². The molecule has 2 aromatic rings. The average molecular weight is 255 g/mol. The molecule has 2 rings (SSSR count). The lowest BCUT2D eigenvalue weighted by atomic mass is 9.96. The lowest BCUT2D eigenvalue weighted by Gasteiger charge is -2.09. The minimum atomic E-state index is 0.0411. The standard InChI is InChI=1S/C16H17NO2/c1-4-12-10-17-8-7-15(12)16(18)14-6-5-13(19-3)9-11(14)2/h5-10H,4H2,1-3H3. The molecule has 0 saturated carbocycles. The molecule has 0 amide bonds. The number of carbonyl (C=O) groups is 1. The van der Waals surface area contributed by atoms with Crippen LogP contribution >= 0.6 is 0 Å². The number of methoxy groups -OCH3 is 1. The summed E-state index contributed by atoms with van der Waals surface area (Å²) in [5.74, 6) is 0.805. The molecule has 0 bridgehead atoms. The molecule has 0 radical (unpaired) electrons. The van der Waals surface area contributed by atoms with Crippen molar-refractivity contribution < 1.29 is 9.53 Å². The van der Waals surface area contributed by atoms with Gasteiger partial charge in [-0.1, -0.05) is 6.92 Å². The quantitative estimate of drug-likeness (QED) is 0.788. The molecule has 98 valence electrons. The summed E-state index contributed by atoms with van der Waals surface area (Å²) in [7, 11) is 1.62. The minimum absolute atomic E-state index is 0.0411.